The maximum absolute atomic E-state index is 12.8. The number of amides is 2. The van der Waals surface area contributed by atoms with E-state index in [1.807, 2.05) is 31.2 Å². The summed E-state index contributed by atoms with van der Waals surface area (Å²) in [7, 11) is 0. The molecule has 0 aliphatic carbocycles. The molecule has 0 aromatic heterocycles. The number of para-hydroxylation sites is 1. The zero-order chi connectivity index (χ0) is 15.0. The number of fused-ring (bicyclic) bond motifs is 1. The summed E-state index contributed by atoms with van der Waals surface area (Å²) in [5.74, 6) is -0.751. The number of rotatable bonds is 2. The number of nitrogens with two attached hydrogens (primary N) is 1. The van der Waals surface area contributed by atoms with Gasteiger partial charge < -0.3 is 15.4 Å². The van der Waals surface area contributed by atoms with E-state index in [4.69, 9.17) is 10.5 Å². The number of carbonyl (C=O) groups excluding carboxylic acids is 2. The van der Waals surface area contributed by atoms with Gasteiger partial charge in [-0.05, 0) is 31.4 Å². The van der Waals surface area contributed by atoms with Gasteiger partial charge in [-0.15, -0.1) is 0 Å². The lowest BCUT2D eigenvalue weighted by Crippen LogP contribution is -2.46. The van der Waals surface area contributed by atoms with Crippen LogP contribution in [0.4, 0.5) is 5.69 Å². The van der Waals surface area contributed by atoms with Gasteiger partial charge in [-0.25, -0.2) is 0 Å². The van der Waals surface area contributed by atoms with Gasteiger partial charge in [-0.2, -0.15) is 0 Å². The monoisotopic (exact) mass is 288 g/mol. The minimum Gasteiger partial charge on any atom is -0.378 e. The molecule has 3 atom stereocenters. The Kier molecular flexibility index (Phi) is 3.68. The summed E-state index contributed by atoms with van der Waals surface area (Å²) in [6, 6.07) is 7.73. The SMILES string of the molecule is CC1CC(C(=O)N2CC(C(N)=O)Cc3ccccc32)CO1. The summed E-state index contributed by atoms with van der Waals surface area (Å²) in [4.78, 5) is 26.1. The van der Waals surface area contributed by atoms with Crippen molar-refractivity contribution in [2.24, 2.45) is 17.6 Å². The van der Waals surface area contributed by atoms with Crippen molar-refractivity contribution in [3.05, 3.63) is 29.8 Å². The Bertz CT molecular complexity index is 572. The van der Waals surface area contributed by atoms with Gasteiger partial charge in [0, 0.05) is 12.2 Å². The Labute approximate surface area is 124 Å². The fourth-order valence-electron chi connectivity index (χ4n) is 3.20. The van der Waals surface area contributed by atoms with E-state index in [0.29, 0.717) is 19.6 Å². The second kappa shape index (κ2) is 5.48. The third-order valence-corrected chi connectivity index (χ3v) is 4.37. The first-order chi connectivity index (χ1) is 10.1. The molecule has 112 valence electrons. The first kappa shape index (κ1) is 14.1. The number of anilines is 1. The Morgan fingerprint density at radius 1 is 1.29 bits per heavy atom. The van der Waals surface area contributed by atoms with Crippen LogP contribution in [0.1, 0.15) is 18.9 Å². The van der Waals surface area contributed by atoms with Crippen molar-refractivity contribution in [3.8, 4) is 0 Å². The van der Waals surface area contributed by atoms with Gasteiger partial charge in [0.1, 0.15) is 0 Å². The molecule has 0 radical (unpaired) electrons. The summed E-state index contributed by atoms with van der Waals surface area (Å²) in [6.45, 7) is 2.81. The smallest absolute Gasteiger partial charge is 0.232 e. The Morgan fingerprint density at radius 2 is 2.05 bits per heavy atom. The van der Waals surface area contributed by atoms with Gasteiger partial charge in [0.15, 0.2) is 0 Å². The van der Waals surface area contributed by atoms with Crippen molar-refractivity contribution >= 4 is 17.5 Å². The van der Waals surface area contributed by atoms with E-state index in [2.05, 4.69) is 0 Å². The van der Waals surface area contributed by atoms with Crippen LogP contribution in [0.3, 0.4) is 0 Å². The maximum atomic E-state index is 12.8. The molecule has 3 unspecified atom stereocenters. The number of ether oxygens (including phenoxy) is 1. The van der Waals surface area contributed by atoms with Crippen molar-refractivity contribution in [2.45, 2.75) is 25.9 Å². The fraction of sp³-hybridized carbons (Fsp3) is 0.500. The molecule has 2 aliphatic heterocycles. The molecule has 5 heteroatoms. The zero-order valence-corrected chi connectivity index (χ0v) is 12.1. The highest BCUT2D eigenvalue weighted by Crippen LogP contribution is 2.32. The zero-order valence-electron chi connectivity index (χ0n) is 12.1. The Balaban J connectivity index is 1.89. The summed E-state index contributed by atoms with van der Waals surface area (Å²) in [6.07, 6.45) is 1.46. The van der Waals surface area contributed by atoms with Crippen LogP contribution in [0, 0.1) is 11.8 Å². The summed E-state index contributed by atoms with van der Waals surface area (Å²) in [5, 5.41) is 0. The molecule has 2 aliphatic rings. The topological polar surface area (TPSA) is 72.6 Å². The van der Waals surface area contributed by atoms with Gasteiger partial charge in [0.25, 0.3) is 0 Å². The third kappa shape index (κ3) is 2.65. The number of nitrogens with zero attached hydrogens (tertiary/aromatic N) is 1. The van der Waals surface area contributed by atoms with Crippen LogP contribution in [0.15, 0.2) is 24.3 Å². The molecule has 1 fully saturated rings. The highest BCUT2D eigenvalue weighted by molar-refractivity contribution is 5.97. The molecular formula is C16H20N2O3. The molecule has 2 heterocycles. The van der Waals surface area contributed by atoms with E-state index in [1.54, 1.807) is 4.90 Å². The first-order valence-electron chi connectivity index (χ1n) is 7.36. The Hall–Kier alpha value is -1.88. The van der Waals surface area contributed by atoms with E-state index < -0.39 is 0 Å². The lowest BCUT2D eigenvalue weighted by molar-refractivity contribution is -0.123. The number of hydrogen-bond donors (Lipinski definition) is 1. The normalized spacial score (nSPS) is 28.2. The molecule has 0 bridgehead atoms. The third-order valence-electron chi connectivity index (χ3n) is 4.37. The van der Waals surface area contributed by atoms with Crippen LogP contribution >= 0.6 is 0 Å². The molecular weight excluding hydrogens is 268 g/mol. The number of benzene rings is 1. The highest BCUT2D eigenvalue weighted by Gasteiger charge is 2.37. The first-order valence-corrected chi connectivity index (χ1v) is 7.36. The largest absolute Gasteiger partial charge is 0.378 e. The molecule has 0 saturated carbocycles. The summed E-state index contributed by atoms with van der Waals surface area (Å²) in [5.41, 5.74) is 7.37. The predicted octanol–water partition coefficient (Wildman–Crippen LogP) is 1.10. The molecule has 2 amide bonds. The van der Waals surface area contributed by atoms with Gasteiger partial charge in [0.2, 0.25) is 11.8 Å². The maximum Gasteiger partial charge on any atom is 0.232 e. The minimum atomic E-state index is -0.349. The van der Waals surface area contributed by atoms with Crippen LogP contribution in [0.25, 0.3) is 0 Å². The standard InChI is InChI=1S/C16H20N2O3/c1-10-6-13(9-21-10)16(20)18-8-12(15(17)19)7-11-4-2-3-5-14(11)18/h2-5,10,12-13H,6-9H2,1H3,(H2,17,19). The number of hydrogen-bond acceptors (Lipinski definition) is 3. The second-order valence-corrected chi connectivity index (χ2v) is 5.96. The van der Waals surface area contributed by atoms with Crippen molar-refractivity contribution in [3.63, 3.8) is 0 Å². The molecule has 0 spiro atoms. The average Bonchev–Trinajstić information content (AvgIpc) is 2.92. The summed E-state index contributed by atoms with van der Waals surface area (Å²) < 4.78 is 5.50. The molecule has 2 N–H and O–H groups in total. The molecule has 1 aromatic rings. The van der Waals surface area contributed by atoms with Crippen LogP contribution in [0.5, 0.6) is 0 Å². The lowest BCUT2D eigenvalue weighted by Gasteiger charge is -2.34. The van der Waals surface area contributed by atoms with Gasteiger partial charge in [0.05, 0.1) is 24.5 Å². The molecule has 1 aromatic carbocycles. The molecule has 5 nitrogen and oxygen atoms in total. The van der Waals surface area contributed by atoms with Crippen LogP contribution < -0.4 is 10.6 Å². The second-order valence-electron chi connectivity index (χ2n) is 5.96. The van der Waals surface area contributed by atoms with E-state index in [0.717, 1.165) is 17.7 Å². The van der Waals surface area contributed by atoms with E-state index in [-0.39, 0.29) is 29.8 Å². The van der Waals surface area contributed by atoms with Crippen LogP contribution in [-0.4, -0.2) is 31.1 Å². The van der Waals surface area contributed by atoms with Crippen molar-refractivity contribution in [2.75, 3.05) is 18.1 Å². The van der Waals surface area contributed by atoms with Gasteiger partial charge >= 0.3 is 0 Å². The Morgan fingerprint density at radius 3 is 2.71 bits per heavy atom. The minimum absolute atomic E-state index is 0.0396. The number of carbonyl (C=O) groups is 2. The molecule has 3 rings (SSSR count). The van der Waals surface area contributed by atoms with Gasteiger partial charge in [-0.1, -0.05) is 18.2 Å². The van der Waals surface area contributed by atoms with Crippen LogP contribution in [0.2, 0.25) is 0 Å². The van der Waals surface area contributed by atoms with Crippen LogP contribution in [-0.2, 0) is 20.7 Å². The fourth-order valence-corrected chi connectivity index (χ4v) is 3.20. The van der Waals surface area contributed by atoms with E-state index >= 15 is 0 Å². The van der Waals surface area contributed by atoms with Crippen molar-refractivity contribution in [1.29, 1.82) is 0 Å². The lowest BCUT2D eigenvalue weighted by atomic mass is 9.90. The van der Waals surface area contributed by atoms with Crippen molar-refractivity contribution < 1.29 is 14.3 Å². The molecule has 1 saturated heterocycles. The number of primary amides is 1. The van der Waals surface area contributed by atoms with E-state index in [9.17, 15) is 9.59 Å². The van der Waals surface area contributed by atoms with Gasteiger partial charge in [-0.3, -0.25) is 9.59 Å². The van der Waals surface area contributed by atoms with E-state index in [1.165, 1.54) is 0 Å². The molecule has 21 heavy (non-hydrogen) atoms. The quantitative estimate of drug-likeness (QED) is 0.885. The van der Waals surface area contributed by atoms with Crippen molar-refractivity contribution in [1.82, 2.24) is 0 Å². The predicted molar refractivity (Wildman–Crippen MR) is 78.7 cm³/mol. The summed E-state index contributed by atoms with van der Waals surface area (Å²) >= 11 is 0. The highest BCUT2D eigenvalue weighted by atomic mass is 16.5. The average molecular weight is 288 g/mol.